The van der Waals surface area contributed by atoms with Gasteiger partial charge in [0.05, 0.1) is 0 Å². The molecule has 0 radical (unpaired) electrons. The number of carbonyl (C=O) groups is 1. The molecule has 0 saturated carbocycles. The Bertz CT molecular complexity index is 215. The van der Waals surface area contributed by atoms with Crippen molar-refractivity contribution in [3.8, 4) is 0 Å². The summed E-state index contributed by atoms with van der Waals surface area (Å²) >= 11 is 0. The number of likely N-dealkylation sites (tertiary alicyclic amines) is 1. The minimum absolute atomic E-state index is 0.331. The molecule has 0 aromatic carbocycles. The molecule has 0 amide bonds. The van der Waals surface area contributed by atoms with Gasteiger partial charge in [-0.15, -0.1) is 0 Å². The highest BCUT2D eigenvalue weighted by atomic mass is 16.4. The van der Waals surface area contributed by atoms with Crippen LogP contribution < -0.4 is 0 Å². The Hall–Kier alpha value is -0.610. The second-order valence-corrected chi connectivity index (χ2v) is 4.39. The molecule has 0 spiro atoms. The van der Waals surface area contributed by atoms with Crippen LogP contribution in [0.5, 0.6) is 0 Å². The molecule has 1 heterocycles. The van der Waals surface area contributed by atoms with E-state index in [0.717, 1.165) is 19.4 Å². The Morgan fingerprint density at radius 1 is 1.64 bits per heavy atom. The van der Waals surface area contributed by atoms with Crippen LogP contribution in [0.1, 0.15) is 32.6 Å². The van der Waals surface area contributed by atoms with Crippen LogP contribution in [0.3, 0.4) is 0 Å². The van der Waals surface area contributed by atoms with E-state index in [9.17, 15) is 9.90 Å². The zero-order valence-corrected chi connectivity index (χ0v) is 8.86. The van der Waals surface area contributed by atoms with Gasteiger partial charge in [-0.25, -0.2) is 4.79 Å². The van der Waals surface area contributed by atoms with Crippen LogP contribution in [0.25, 0.3) is 0 Å². The van der Waals surface area contributed by atoms with Crippen LogP contribution >= 0.6 is 0 Å². The highest BCUT2D eigenvalue weighted by Crippen LogP contribution is 2.23. The van der Waals surface area contributed by atoms with Gasteiger partial charge in [0.2, 0.25) is 0 Å². The van der Waals surface area contributed by atoms with E-state index in [1.165, 1.54) is 13.3 Å². The predicted molar refractivity (Wildman–Crippen MR) is 53.1 cm³/mol. The standard InChI is InChI=1S/C10H19NO3/c1-10(14,9(12)13)6-5-8-4-3-7-11(8)2/h8,14H,3-7H2,1-2H3,(H,12,13). The van der Waals surface area contributed by atoms with E-state index >= 15 is 0 Å². The molecule has 14 heavy (non-hydrogen) atoms. The van der Waals surface area contributed by atoms with Gasteiger partial charge in [-0.2, -0.15) is 0 Å². The first kappa shape index (κ1) is 11.5. The van der Waals surface area contributed by atoms with Crippen LogP contribution in [0.4, 0.5) is 0 Å². The van der Waals surface area contributed by atoms with E-state index in [1.807, 2.05) is 7.05 Å². The fraction of sp³-hybridized carbons (Fsp3) is 0.900. The maximum atomic E-state index is 10.6. The molecule has 0 bridgehead atoms. The number of nitrogens with zero attached hydrogens (tertiary/aromatic N) is 1. The number of rotatable bonds is 4. The SMILES string of the molecule is CN1CCCC1CCC(C)(O)C(=O)O. The summed E-state index contributed by atoms with van der Waals surface area (Å²) in [5.74, 6) is -1.13. The van der Waals surface area contributed by atoms with E-state index in [0.29, 0.717) is 12.5 Å². The van der Waals surface area contributed by atoms with E-state index in [1.54, 1.807) is 0 Å². The Kier molecular flexibility index (Phi) is 3.50. The van der Waals surface area contributed by atoms with Gasteiger partial charge in [0.1, 0.15) is 0 Å². The van der Waals surface area contributed by atoms with E-state index < -0.39 is 11.6 Å². The predicted octanol–water partition coefficient (Wildman–Crippen LogP) is 0.696. The third-order valence-electron chi connectivity index (χ3n) is 3.10. The van der Waals surface area contributed by atoms with Crippen molar-refractivity contribution in [1.29, 1.82) is 0 Å². The Morgan fingerprint density at radius 2 is 2.29 bits per heavy atom. The second kappa shape index (κ2) is 4.28. The molecule has 0 aliphatic carbocycles. The summed E-state index contributed by atoms with van der Waals surface area (Å²) in [4.78, 5) is 12.9. The van der Waals surface area contributed by atoms with Gasteiger partial charge in [0.25, 0.3) is 0 Å². The van der Waals surface area contributed by atoms with Crippen molar-refractivity contribution in [3.05, 3.63) is 0 Å². The molecule has 2 unspecified atom stereocenters. The first-order valence-electron chi connectivity index (χ1n) is 5.09. The molecular weight excluding hydrogens is 182 g/mol. The normalized spacial score (nSPS) is 27.5. The maximum Gasteiger partial charge on any atom is 0.335 e. The number of carboxylic acid groups (broad SMARTS) is 1. The number of hydrogen-bond donors (Lipinski definition) is 2. The largest absolute Gasteiger partial charge is 0.479 e. The van der Waals surface area contributed by atoms with Crippen molar-refractivity contribution in [2.24, 2.45) is 0 Å². The first-order valence-corrected chi connectivity index (χ1v) is 5.09. The van der Waals surface area contributed by atoms with E-state index in [2.05, 4.69) is 4.90 Å². The molecule has 2 N–H and O–H groups in total. The summed E-state index contributed by atoms with van der Waals surface area (Å²) in [6.07, 6.45) is 3.38. The van der Waals surface area contributed by atoms with Crippen molar-refractivity contribution in [1.82, 2.24) is 4.90 Å². The molecule has 1 aliphatic heterocycles. The van der Waals surface area contributed by atoms with Crippen molar-refractivity contribution < 1.29 is 15.0 Å². The molecule has 1 saturated heterocycles. The summed E-state index contributed by atoms with van der Waals surface area (Å²) in [5.41, 5.74) is -1.57. The van der Waals surface area contributed by atoms with Gasteiger partial charge in [0, 0.05) is 6.04 Å². The van der Waals surface area contributed by atoms with Gasteiger partial charge < -0.3 is 15.1 Å². The lowest BCUT2D eigenvalue weighted by Gasteiger charge is -2.23. The van der Waals surface area contributed by atoms with Crippen molar-refractivity contribution in [3.63, 3.8) is 0 Å². The lowest BCUT2D eigenvalue weighted by atomic mass is 9.96. The Labute approximate surface area is 84.5 Å². The third-order valence-corrected chi connectivity index (χ3v) is 3.10. The number of aliphatic hydroxyl groups is 1. The van der Waals surface area contributed by atoms with Gasteiger partial charge in [-0.05, 0) is 46.2 Å². The van der Waals surface area contributed by atoms with Gasteiger partial charge >= 0.3 is 5.97 Å². The summed E-state index contributed by atoms with van der Waals surface area (Å²) in [7, 11) is 2.05. The molecule has 4 nitrogen and oxygen atoms in total. The van der Waals surface area contributed by atoms with Crippen molar-refractivity contribution >= 4 is 5.97 Å². The van der Waals surface area contributed by atoms with Gasteiger partial charge in [-0.1, -0.05) is 0 Å². The topological polar surface area (TPSA) is 60.8 Å². The monoisotopic (exact) mass is 201 g/mol. The summed E-state index contributed by atoms with van der Waals surface area (Å²) in [6, 6.07) is 0.445. The zero-order valence-electron chi connectivity index (χ0n) is 8.86. The van der Waals surface area contributed by atoms with Crippen LogP contribution in [0, 0.1) is 0 Å². The maximum absolute atomic E-state index is 10.6. The zero-order chi connectivity index (χ0) is 10.8. The van der Waals surface area contributed by atoms with Crippen LogP contribution in [-0.4, -0.2) is 46.3 Å². The van der Waals surface area contributed by atoms with Gasteiger partial charge in [0.15, 0.2) is 5.60 Å². The molecule has 2 atom stereocenters. The Balaban J connectivity index is 2.36. The van der Waals surface area contributed by atoms with E-state index in [4.69, 9.17) is 5.11 Å². The van der Waals surface area contributed by atoms with Crippen LogP contribution in [0.15, 0.2) is 0 Å². The number of hydrogen-bond acceptors (Lipinski definition) is 3. The van der Waals surface area contributed by atoms with Gasteiger partial charge in [-0.3, -0.25) is 0 Å². The van der Waals surface area contributed by atoms with Crippen molar-refractivity contribution in [2.75, 3.05) is 13.6 Å². The minimum atomic E-state index is -1.57. The summed E-state index contributed by atoms with van der Waals surface area (Å²) in [5, 5.41) is 18.2. The van der Waals surface area contributed by atoms with Crippen LogP contribution in [-0.2, 0) is 4.79 Å². The summed E-state index contributed by atoms with van der Waals surface area (Å²) < 4.78 is 0. The highest BCUT2D eigenvalue weighted by molar-refractivity contribution is 5.76. The van der Waals surface area contributed by atoms with Crippen molar-refractivity contribution in [2.45, 2.75) is 44.2 Å². The lowest BCUT2D eigenvalue weighted by molar-refractivity contribution is -0.157. The second-order valence-electron chi connectivity index (χ2n) is 4.39. The smallest absolute Gasteiger partial charge is 0.335 e. The number of carboxylic acids is 1. The molecule has 4 heteroatoms. The molecule has 0 aromatic rings. The minimum Gasteiger partial charge on any atom is -0.479 e. The van der Waals surface area contributed by atoms with Crippen LogP contribution in [0.2, 0.25) is 0 Å². The summed E-state index contributed by atoms with van der Waals surface area (Å²) in [6.45, 7) is 2.45. The Morgan fingerprint density at radius 3 is 2.71 bits per heavy atom. The lowest BCUT2D eigenvalue weighted by Crippen LogP contribution is -2.37. The average molecular weight is 201 g/mol. The molecule has 1 fully saturated rings. The molecule has 1 aliphatic rings. The fourth-order valence-corrected chi connectivity index (χ4v) is 1.90. The molecule has 82 valence electrons. The highest BCUT2D eigenvalue weighted by Gasteiger charge is 2.32. The molecule has 1 rings (SSSR count). The van der Waals surface area contributed by atoms with E-state index in [-0.39, 0.29) is 0 Å². The third kappa shape index (κ3) is 2.69. The quantitative estimate of drug-likeness (QED) is 0.702. The number of aliphatic carboxylic acids is 1. The molecule has 0 aromatic heterocycles. The first-order chi connectivity index (χ1) is 6.43. The average Bonchev–Trinajstić information content (AvgIpc) is 2.47. The fourth-order valence-electron chi connectivity index (χ4n) is 1.90. The molecular formula is C10H19NO3.